The first-order chi connectivity index (χ1) is 17.6. The number of allylic oxidation sites excluding steroid dienone is 3. The van der Waals surface area contributed by atoms with Crippen molar-refractivity contribution in [2.75, 3.05) is 13.7 Å². The van der Waals surface area contributed by atoms with E-state index in [0.717, 1.165) is 30.6 Å². The molecule has 0 amide bonds. The van der Waals surface area contributed by atoms with Crippen LogP contribution in [0.25, 0.3) is 0 Å². The number of methoxy groups -OCH3 is 1. The van der Waals surface area contributed by atoms with Crippen LogP contribution >= 0.6 is 0 Å². The second-order valence-electron chi connectivity index (χ2n) is 9.72. The molecule has 2 heterocycles. The average Bonchev–Trinajstić information content (AvgIpc) is 3.64. The summed E-state index contributed by atoms with van der Waals surface area (Å²) in [5.41, 5.74) is 2.15. The van der Waals surface area contributed by atoms with Gasteiger partial charge in [-0.1, -0.05) is 77.0 Å². The van der Waals surface area contributed by atoms with Crippen molar-refractivity contribution in [2.24, 2.45) is 11.8 Å². The molecule has 1 N–H and O–H groups in total. The summed E-state index contributed by atoms with van der Waals surface area (Å²) in [5.74, 6) is 2.16. The summed E-state index contributed by atoms with van der Waals surface area (Å²) < 4.78 is 21.8. The van der Waals surface area contributed by atoms with Crippen molar-refractivity contribution in [3.8, 4) is 5.75 Å². The van der Waals surface area contributed by atoms with Crippen LogP contribution in [0.1, 0.15) is 92.9 Å². The van der Waals surface area contributed by atoms with Crippen LogP contribution < -0.4 is 4.74 Å². The monoisotopic (exact) mass is 518 g/mol. The van der Waals surface area contributed by atoms with Crippen molar-refractivity contribution in [1.29, 1.82) is 0 Å². The van der Waals surface area contributed by atoms with Gasteiger partial charge in [-0.05, 0) is 64.0 Å². The number of aliphatic hydroxyl groups excluding tert-OH is 1. The number of benzene rings is 1. The Bertz CT molecular complexity index is 768. The van der Waals surface area contributed by atoms with Crippen LogP contribution in [0, 0.1) is 11.8 Å². The van der Waals surface area contributed by atoms with Gasteiger partial charge in [-0.2, -0.15) is 0 Å². The summed E-state index contributed by atoms with van der Waals surface area (Å²) in [6.07, 6.45) is 9.63. The first-order valence-corrected chi connectivity index (χ1v) is 13.8. The Balaban J connectivity index is 0.000000709. The van der Waals surface area contributed by atoms with Gasteiger partial charge in [0.1, 0.15) is 18.5 Å². The van der Waals surface area contributed by atoms with Crippen molar-refractivity contribution in [3.05, 3.63) is 66.8 Å². The number of rotatable bonds is 10. The molecule has 2 fully saturated rings. The number of hydrogen-bond donors (Lipinski definition) is 1. The summed E-state index contributed by atoms with van der Waals surface area (Å²) >= 11 is 0. The topological polar surface area (TPSA) is 60.5 Å². The van der Waals surface area contributed by atoms with Gasteiger partial charge in [-0.25, -0.2) is 0 Å². The Kier molecular flexibility index (Phi) is 18.2. The van der Waals surface area contributed by atoms with Crippen LogP contribution in [0.3, 0.4) is 0 Å². The van der Waals surface area contributed by atoms with E-state index in [0.29, 0.717) is 18.4 Å². The lowest BCUT2D eigenvalue weighted by atomic mass is 9.89. The van der Waals surface area contributed by atoms with E-state index in [2.05, 4.69) is 65.5 Å². The van der Waals surface area contributed by atoms with Crippen LogP contribution in [0.4, 0.5) is 0 Å². The number of hydrogen-bond acceptors (Lipinski definition) is 5. The van der Waals surface area contributed by atoms with E-state index in [1.165, 1.54) is 12.0 Å². The Morgan fingerprint density at radius 1 is 1.22 bits per heavy atom. The Labute approximate surface area is 227 Å². The maximum absolute atomic E-state index is 7.94. The first kappa shape index (κ1) is 35.1. The zero-order valence-corrected chi connectivity index (χ0v) is 25.0. The Hall–Kier alpha value is -1.92. The third-order valence-electron chi connectivity index (χ3n) is 6.54. The van der Waals surface area contributed by atoms with Crippen LogP contribution in [-0.4, -0.2) is 36.8 Å². The lowest BCUT2D eigenvalue weighted by molar-refractivity contribution is -0.0905. The predicted molar refractivity (Wildman–Crippen MR) is 156 cm³/mol. The molecule has 0 spiro atoms. The molecule has 0 aliphatic carbocycles. The van der Waals surface area contributed by atoms with Gasteiger partial charge in [-0.3, -0.25) is 0 Å². The maximum Gasteiger partial charge on any atom is 0.185 e. The highest BCUT2D eigenvalue weighted by molar-refractivity contribution is 5.28. The number of aliphatic hydroxyl groups is 1. The van der Waals surface area contributed by atoms with Crippen molar-refractivity contribution in [3.63, 3.8) is 0 Å². The predicted octanol–water partition coefficient (Wildman–Crippen LogP) is 8.41. The fraction of sp³-hybridized carbons (Fsp3) is 0.625. The molecule has 0 aromatic heterocycles. The van der Waals surface area contributed by atoms with Gasteiger partial charge in [0.15, 0.2) is 12.6 Å². The van der Waals surface area contributed by atoms with Crippen LogP contribution in [0.5, 0.6) is 5.75 Å². The molecule has 2 unspecified atom stereocenters. The fourth-order valence-corrected chi connectivity index (χ4v) is 3.52. The van der Waals surface area contributed by atoms with Crippen LogP contribution in [0.15, 0.2) is 61.2 Å². The van der Waals surface area contributed by atoms with E-state index >= 15 is 0 Å². The standard InChI is InChI=1S/C19H28O3.C9H16.C2H4O2.C2H6/c1-6-14(3)12-13-19(4)17(7-2)21-18(22-19)15-8-10-16(20-5)11-9-15;1-5-8(3)7-9(4)6-2;3-2-1-4-2;1-2/h7-11,14,17-18H,2,6,12-13H2,1,3-5H3;5-6,8H,1,7H2,2-4H3;2-3H,1H2;1-2H3/b;9-6+;;/t14-,17-,18?,19+;8-;;/m00../s1. The van der Waals surface area contributed by atoms with Gasteiger partial charge in [0.05, 0.1) is 12.7 Å². The zero-order valence-electron chi connectivity index (χ0n) is 25.0. The first-order valence-electron chi connectivity index (χ1n) is 13.8. The quantitative estimate of drug-likeness (QED) is 0.249. The molecule has 3 rings (SSSR count). The van der Waals surface area contributed by atoms with E-state index in [4.69, 9.17) is 19.3 Å². The average molecular weight is 519 g/mol. The van der Waals surface area contributed by atoms with Crippen LogP contribution in [-0.2, 0) is 14.2 Å². The summed E-state index contributed by atoms with van der Waals surface area (Å²) in [5, 5.41) is 7.94. The van der Waals surface area contributed by atoms with E-state index < -0.39 is 6.29 Å². The molecule has 1 aromatic rings. The lowest BCUT2D eigenvalue weighted by Crippen LogP contribution is -2.35. The Morgan fingerprint density at radius 2 is 1.78 bits per heavy atom. The largest absolute Gasteiger partial charge is 0.497 e. The van der Waals surface area contributed by atoms with Crippen molar-refractivity contribution < 1.29 is 24.1 Å². The highest BCUT2D eigenvalue weighted by atomic mass is 16.7. The molecule has 0 saturated carbocycles. The fourth-order valence-electron chi connectivity index (χ4n) is 3.52. The second kappa shape index (κ2) is 19.2. The maximum atomic E-state index is 7.94. The summed E-state index contributed by atoms with van der Waals surface area (Å²) in [6.45, 7) is 25.2. The molecule has 0 bridgehead atoms. The molecule has 5 nitrogen and oxygen atoms in total. The molecule has 5 heteroatoms. The number of ether oxygens (including phenoxy) is 4. The van der Waals surface area contributed by atoms with Gasteiger partial charge >= 0.3 is 0 Å². The van der Waals surface area contributed by atoms with Gasteiger partial charge < -0.3 is 24.1 Å². The van der Waals surface area contributed by atoms with Gasteiger partial charge in [0, 0.05) is 5.56 Å². The smallest absolute Gasteiger partial charge is 0.185 e. The van der Waals surface area contributed by atoms with Crippen molar-refractivity contribution >= 4 is 0 Å². The minimum Gasteiger partial charge on any atom is -0.497 e. The Morgan fingerprint density at radius 3 is 2.19 bits per heavy atom. The third-order valence-corrected chi connectivity index (χ3v) is 6.54. The van der Waals surface area contributed by atoms with Crippen molar-refractivity contribution in [1.82, 2.24) is 0 Å². The molecule has 6 atom stereocenters. The molecule has 2 aliphatic heterocycles. The normalized spacial score (nSPS) is 25.6. The highest BCUT2D eigenvalue weighted by Crippen LogP contribution is 2.42. The van der Waals surface area contributed by atoms with Crippen LogP contribution in [0.2, 0.25) is 0 Å². The summed E-state index contributed by atoms with van der Waals surface area (Å²) in [6, 6.07) is 7.84. The molecule has 212 valence electrons. The molecule has 2 saturated heterocycles. The molecular formula is C32H54O5. The van der Waals surface area contributed by atoms with Gasteiger partial charge in [0.25, 0.3) is 0 Å². The van der Waals surface area contributed by atoms with E-state index in [1.807, 2.05) is 50.3 Å². The van der Waals surface area contributed by atoms with Crippen molar-refractivity contribution in [2.45, 2.75) is 105 Å². The lowest BCUT2D eigenvalue weighted by Gasteiger charge is -2.28. The molecule has 1 aromatic carbocycles. The molecule has 0 radical (unpaired) electrons. The second-order valence-corrected chi connectivity index (χ2v) is 9.72. The summed E-state index contributed by atoms with van der Waals surface area (Å²) in [4.78, 5) is 0. The SMILES string of the molecule is C=C[C@@H]1OC(c2ccc(OC)cc2)O[C@]1(C)CC[C@@H](C)CC.C=C[C@H](C)C/C(C)=C/C.CC.OC1CO1. The van der Waals surface area contributed by atoms with E-state index in [1.54, 1.807) is 7.11 Å². The zero-order chi connectivity index (χ0) is 28.4. The van der Waals surface area contributed by atoms with Gasteiger partial charge in [0.2, 0.25) is 0 Å². The molecule has 2 aliphatic rings. The minimum atomic E-state index is -0.417. The summed E-state index contributed by atoms with van der Waals surface area (Å²) in [7, 11) is 1.66. The molecule has 37 heavy (non-hydrogen) atoms. The van der Waals surface area contributed by atoms with E-state index in [9.17, 15) is 0 Å². The highest BCUT2D eigenvalue weighted by Gasteiger charge is 2.44. The third kappa shape index (κ3) is 14.0. The van der Waals surface area contributed by atoms with E-state index in [-0.39, 0.29) is 18.0 Å². The van der Waals surface area contributed by atoms with Gasteiger partial charge in [-0.15, -0.1) is 13.2 Å². The number of epoxide rings is 1. The minimum absolute atomic E-state index is 0.0799. The molecular weight excluding hydrogens is 464 g/mol.